The minimum absolute atomic E-state index is 0.149. The summed E-state index contributed by atoms with van der Waals surface area (Å²) in [7, 11) is 1.59. The normalized spacial score (nSPS) is 11.2. The van der Waals surface area contributed by atoms with Crippen molar-refractivity contribution >= 4 is 28.7 Å². The zero-order valence-electron chi connectivity index (χ0n) is 15.2. The lowest BCUT2D eigenvalue weighted by molar-refractivity contribution is -0.398. The van der Waals surface area contributed by atoms with Gasteiger partial charge < -0.3 is 14.3 Å². The van der Waals surface area contributed by atoms with Gasteiger partial charge in [0.25, 0.3) is 5.69 Å². The number of nitrogens with zero attached hydrogens (tertiary/aromatic N) is 3. The van der Waals surface area contributed by atoms with Crippen LogP contribution in [-0.4, -0.2) is 23.2 Å². The first-order valence-electron chi connectivity index (χ1n) is 8.58. The summed E-state index contributed by atoms with van der Waals surface area (Å²) < 4.78 is 11.0. The molecule has 0 aliphatic rings. The molecule has 1 aromatic heterocycles. The molecule has 0 spiro atoms. The maximum atomic E-state index is 12.0. The number of nitro benzene ring substituents is 1. The van der Waals surface area contributed by atoms with Crippen LogP contribution in [0.5, 0.6) is 11.5 Å². The first-order chi connectivity index (χ1) is 14.0. The lowest BCUT2D eigenvalue weighted by atomic mass is 10.2. The van der Waals surface area contributed by atoms with Crippen molar-refractivity contribution in [3.05, 3.63) is 76.3 Å². The largest absolute Gasteiger partial charge is 0.867 e. The second-order valence-electron chi connectivity index (χ2n) is 6.11. The number of ether oxygens (including phenoxy) is 1. The predicted octanol–water partition coefficient (Wildman–Crippen LogP) is 4.24. The molecule has 8 heteroatoms. The summed E-state index contributed by atoms with van der Waals surface area (Å²) in [5, 5.41) is 22.9. The number of benzene rings is 3. The van der Waals surface area contributed by atoms with Gasteiger partial charge in [-0.3, -0.25) is 15.1 Å². The van der Waals surface area contributed by atoms with Gasteiger partial charge in [0.1, 0.15) is 11.3 Å². The highest BCUT2D eigenvalue weighted by Gasteiger charge is 2.10. The molecule has 0 aliphatic heterocycles. The Labute approximate surface area is 164 Å². The quantitative estimate of drug-likeness (QED) is 0.287. The number of oxazole rings is 1. The molecule has 3 aromatic carbocycles. The number of fused-ring (bicyclic) bond motifs is 1. The minimum Gasteiger partial charge on any atom is -0.867 e. The molecular weight excluding hydrogens is 374 g/mol. The Balaban J connectivity index is 1.58. The van der Waals surface area contributed by atoms with Gasteiger partial charge in [0.05, 0.1) is 17.7 Å². The van der Waals surface area contributed by atoms with Gasteiger partial charge >= 0.3 is 0 Å². The Kier molecular flexibility index (Phi) is 4.66. The van der Waals surface area contributed by atoms with Gasteiger partial charge in [-0.2, -0.15) is 0 Å². The summed E-state index contributed by atoms with van der Waals surface area (Å²) in [6.07, 6.45) is 1.32. The molecule has 0 aliphatic carbocycles. The first-order valence-corrected chi connectivity index (χ1v) is 8.58. The van der Waals surface area contributed by atoms with E-state index in [4.69, 9.17) is 9.15 Å². The average Bonchev–Trinajstić information content (AvgIpc) is 3.16. The number of nitro groups is 1. The Hall–Kier alpha value is -4.20. The molecule has 0 unspecified atom stereocenters. The highest BCUT2D eigenvalue weighted by molar-refractivity contribution is 5.87. The van der Waals surface area contributed by atoms with Gasteiger partial charge in [-0.25, -0.2) is 4.98 Å². The fourth-order valence-electron chi connectivity index (χ4n) is 2.78. The van der Waals surface area contributed by atoms with Crippen LogP contribution in [0.4, 0.5) is 11.4 Å². The lowest BCUT2D eigenvalue weighted by Crippen LogP contribution is -2.01. The van der Waals surface area contributed by atoms with Gasteiger partial charge in [0.2, 0.25) is 5.89 Å². The highest BCUT2D eigenvalue weighted by Crippen LogP contribution is 2.29. The molecule has 0 bridgehead atoms. The van der Waals surface area contributed by atoms with E-state index in [0.717, 1.165) is 5.56 Å². The van der Waals surface area contributed by atoms with Gasteiger partial charge in [-0.15, -0.1) is 0 Å². The SMILES string of the molecule is COc1ccc2oc(-c3ccc(N=Cc4cccc([N+](=O)[O-])c4[O-])cc3)nc2c1. The summed E-state index contributed by atoms with van der Waals surface area (Å²) in [5.41, 5.74) is 2.36. The van der Waals surface area contributed by atoms with E-state index in [0.29, 0.717) is 28.4 Å². The van der Waals surface area contributed by atoms with Crippen molar-refractivity contribution in [2.24, 2.45) is 4.99 Å². The van der Waals surface area contributed by atoms with Crippen molar-refractivity contribution in [2.75, 3.05) is 7.11 Å². The lowest BCUT2D eigenvalue weighted by Gasteiger charge is -2.09. The van der Waals surface area contributed by atoms with Crippen LogP contribution in [0.2, 0.25) is 0 Å². The summed E-state index contributed by atoms with van der Waals surface area (Å²) in [6, 6.07) is 16.6. The third-order valence-electron chi connectivity index (χ3n) is 4.28. The topological polar surface area (TPSA) is 114 Å². The number of hydrogen-bond acceptors (Lipinski definition) is 7. The number of hydrogen-bond donors (Lipinski definition) is 0. The van der Waals surface area contributed by atoms with E-state index in [1.54, 1.807) is 49.6 Å². The van der Waals surface area contributed by atoms with Crippen molar-refractivity contribution < 1.29 is 19.2 Å². The van der Waals surface area contributed by atoms with Crippen molar-refractivity contribution in [3.63, 3.8) is 0 Å². The minimum atomic E-state index is -0.704. The number of para-hydroxylation sites is 1. The number of methoxy groups -OCH3 is 1. The van der Waals surface area contributed by atoms with Gasteiger partial charge in [-0.05, 0) is 47.7 Å². The highest BCUT2D eigenvalue weighted by atomic mass is 16.6. The molecule has 0 saturated heterocycles. The standard InChI is InChI=1S/C21H15N3O5/c1-28-16-9-10-19-17(11-16)23-21(29-19)13-5-7-15(8-6-13)22-12-14-3-2-4-18(20(14)25)24(26)27/h2-12,25H,1H3/p-1. The fourth-order valence-corrected chi connectivity index (χ4v) is 2.78. The molecule has 0 fully saturated rings. The van der Waals surface area contributed by atoms with E-state index in [2.05, 4.69) is 9.98 Å². The Morgan fingerprint density at radius 2 is 1.93 bits per heavy atom. The smallest absolute Gasteiger partial charge is 0.262 e. The fraction of sp³-hybridized carbons (Fsp3) is 0.0476. The molecule has 0 radical (unpaired) electrons. The van der Waals surface area contributed by atoms with Crippen molar-refractivity contribution in [3.8, 4) is 23.0 Å². The summed E-state index contributed by atoms with van der Waals surface area (Å²) >= 11 is 0. The van der Waals surface area contributed by atoms with E-state index in [9.17, 15) is 15.2 Å². The molecule has 0 amide bonds. The first kappa shape index (κ1) is 18.2. The van der Waals surface area contributed by atoms with Crippen LogP contribution in [-0.2, 0) is 0 Å². The molecule has 0 saturated carbocycles. The van der Waals surface area contributed by atoms with Crippen LogP contribution >= 0.6 is 0 Å². The van der Waals surface area contributed by atoms with Crippen LogP contribution in [0.1, 0.15) is 5.56 Å². The van der Waals surface area contributed by atoms with Crippen LogP contribution < -0.4 is 9.84 Å². The summed E-state index contributed by atoms with van der Waals surface area (Å²) in [4.78, 5) is 18.8. The second-order valence-corrected chi connectivity index (χ2v) is 6.11. The molecule has 8 nitrogen and oxygen atoms in total. The Bertz CT molecular complexity index is 1230. The van der Waals surface area contributed by atoms with E-state index in [1.165, 1.54) is 24.4 Å². The van der Waals surface area contributed by atoms with Crippen molar-refractivity contribution in [1.82, 2.24) is 4.98 Å². The van der Waals surface area contributed by atoms with Crippen LogP contribution in [0, 0.1) is 10.1 Å². The van der Waals surface area contributed by atoms with Crippen LogP contribution in [0.15, 0.2) is 70.1 Å². The Morgan fingerprint density at radius 1 is 1.14 bits per heavy atom. The number of aliphatic imine (C=N–C) groups is 1. The van der Waals surface area contributed by atoms with Gasteiger partial charge in [0, 0.05) is 23.9 Å². The zero-order valence-corrected chi connectivity index (χ0v) is 15.2. The van der Waals surface area contributed by atoms with E-state index in [1.807, 2.05) is 0 Å². The maximum Gasteiger partial charge on any atom is 0.262 e. The third kappa shape index (κ3) is 3.63. The van der Waals surface area contributed by atoms with Gasteiger partial charge in [-0.1, -0.05) is 12.1 Å². The number of rotatable bonds is 5. The van der Waals surface area contributed by atoms with Crippen LogP contribution in [0.3, 0.4) is 0 Å². The molecule has 4 rings (SSSR count). The number of aromatic nitrogens is 1. The van der Waals surface area contributed by atoms with E-state index < -0.39 is 16.4 Å². The van der Waals surface area contributed by atoms with Gasteiger partial charge in [0.15, 0.2) is 5.58 Å². The average molecular weight is 388 g/mol. The van der Waals surface area contributed by atoms with Crippen LogP contribution in [0.25, 0.3) is 22.6 Å². The van der Waals surface area contributed by atoms with Crippen molar-refractivity contribution in [1.29, 1.82) is 0 Å². The molecule has 29 heavy (non-hydrogen) atoms. The zero-order chi connectivity index (χ0) is 20.4. The molecule has 4 aromatic rings. The van der Waals surface area contributed by atoms with Crippen molar-refractivity contribution in [2.45, 2.75) is 0 Å². The molecule has 0 atom stereocenters. The maximum absolute atomic E-state index is 12.0. The monoisotopic (exact) mass is 388 g/mol. The summed E-state index contributed by atoms with van der Waals surface area (Å²) in [5.74, 6) is 0.491. The predicted molar refractivity (Wildman–Crippen MR) is 106 cm³/mol. The molecule has 144 valence electrons. The third-order valence-corrected chi connectivity index (χ3v) is 4.28. The van der Waals surface area contributed by atoms with E-state index in [-0.39, 0.29) is 5.56 Å². The Morgan fingerprint density at radius 3 is 2.66 bits per heavy atom. The molecule has 1 heterocycles. The molecular formula is C21H14N3O5-. The summed E-state index contributed by atoms with van der Waals surface area (Å²) in [6.45, 7) is 0. The van der Waals surface area contributed by atoms with E-state index >= 15 is 0 Å². The molecule has 0 N–H and O–H groups in total. The second kappa shape index (κ2) is 7.43.